The molecule has 1 aromatic carbocycles. The number of rotatable bonds is 1. The minimum Gasteiger partial charge on any atom is -0.388 e. The van der Waals surface area contributed by atoms with Gasteiger partial charge in [0.1, 0.15) is 0 Å². The molecule has 0 radical (unpaired) electrons. The molecule has 0 spiro atoms. The highest BCUT2D eigenvalue weighted by atomic mass is 15.0. The number of nitrogens with one attached hydrogen (secondary N) is 2. The van der Waals surface area contributed by atoms with E-state index >= 15 is 0 Å². The molecule has 1 aromatic rings. The summed E-state index contributed by atoms with van der Waals surface area (Å²) in [6.45, 7) is 6.86. The molecule has 0 aromatic heterocycles. The summed E-state index contributed by atoms with van der Waals surface area (Å²) >= 11 is 0. The van der Waals surface area contributed by atoms with Gasteiger partial charge in [0.05, 0.1) is 0 Å². The summed E-state index contributed by atoms with van der Waals surface area (Å²) < 4.78 is 0. The van der Waals surface area contributed by atoms with Gasteiger partial charge in [0, 0.05) is 24.5 Å². The number of benzene rings is 1. The molecule has 15 heavy (non-hydrogen) atoms. The molecule has 0 saturated carbocycles. The molecule has 1 unspecified atom stereocenters. The topological polar surface area (TPSA) is 24.1 Å². The van der Waals surface area contributed by atoms with Gasteiger partial charge in [-0.3, -0.25) is 0 Å². The molecule has 1 atom stereocenters. The van der Waals surface area contributed by atoms with Crippen LogP contribution in [0.1, 0.15) is 26.3 Å². The standard InChI is InChI=1S/C13H20N2/c1-13(2,3)12-8-9-7-10(14-4)5-6-11(9)15-12/h5-7,12,14-15H,8H2,1-4H3. The van der Waals surface area contributed by atoms with Crippen LogP contribution < -0.4 is 10.6 Å². The smallest absolute Gasteiger partial charge is 0.0377 e. The number of fused-ring (bicyclic) bond motifs is 1. The molecule has 2 nitrogen and oxygen atoms in total. The van der Waals surface area contributed by atoms with E-state index in [0.29, 0.717) is 11.5 Å². The Bertz CT molecular complexity index is 363. The fourth-order valence-corrected chi connectivity index (χ4v) is 2.04. The van der Waals surface area contributed by atoms with E-state index in [2.05, 4.69) is 49.6 Å². The van der Waals surface area contributed by atoms with Gasteiger partial charge in [0.2, 0.25) is 0 Å². The van der Waals surface area contributed by atoms with Crippen LogP contribution in [0.3, 0.4) is 0 Å². The zero-order valence-corrected chi connectivity index (χ0v) is 10.0. The van der Waals surface area contributed by atoms with E-state index in [1.807, 2.05) is 7.05 Å². The van der Waals surface area contributed by atoms with Gasteiger partial charge in [-0.2, -0.15) is 0 Å². The van der Waals surface area contributed by atoms with E-state index < -0.39 is 0 Å². The van der Waals surface area contributed by atoms with Crippen molar-refractivity contribution in [2.45, 2.75) is 33.2 Å². The molecular formula is C13H20N2. The molecule has 2 heteroatoms. The zero-order valence-electron chi connectivity index (χ0n) is 10.0. The molecule has 82 valence electrons. The van der Waals surface area contributed by atoms with Crippen molar-refractivity contribution >= 4 is 11.4 Å². The third-order valence-electron chi connectivity index (χ3n) is 3.19. The quantitative estimate of drug-likeness (QED) is 0.734. The Morgan fingerprint density at radius 3 is 2.67 bits per heavy atom. The lowest BCUT2D eigenvalue weighted by Gasteiger charge is -2.27. The first-order valence-electron chi connectivity index (χ1n) is 5.58. The average molecular weight is 204 g/mol. The molecule has 0 amide bonds. The summed E-state index contributed by atoms with van der Waals surface area (Å²) in [5.41, 5.74) is 4.25. The number of hydrogen-bond acceptors (Lipinski definition) is 2. The van der Waals surface area contributed by atoms with Crippen LogP contribution in [0.5, 0.6) is 0 Å². The van der Waals surface area contributed by atoms with Crippen LogP contribution in [-0.4, -0.2) is 13.1 Å². The van der Waals surface area contributed by atoms with Gasteiger partial charge in [0.25, 0.3) is 0 Å². The SMILES string of the molecule is CNc1ccc2c(c1)CC(C(C)(C)C)N2. The first-order valence-corrected chi connectivity index (χ1v) is 5.58. The molecule has 2 N–H and O–H groups in total. The monoisotopic (exact) mass is 204 g/mol. The van der Waals surface area contributed by atoms with Gasteiger partial charge in [-0.1, -0.05) is 20.8 Å². The van der Waals surface area contributed by atoms with Gasteiger partial charge < -0.3 is 10.6 Å². The Hall–Kier alpha value is -1.18. The summed E-state index contributed by atoms with van der Waals surface area (Å²) in [5, 5.41) is 6.78. The van der Waals surface area contributed by atoms with E-state index in [0.717, 1.165) is 6.42 Å². The predicted octanol–water partition coefficient (Wildman–Crippen LogP) is 3.11. The van der Waals surface area contributed by atoms with Crippen LogP contribution in [0.2, 0.25) is 0 Å². The van der Waals surface area contributed by atoms with Crippen molar-refractivity contribution in [3.63, 3.8) is 0 Å². The van der Waals surface area contributed by atoms with Crippen LogP contribution in [-0.2, 0) is 6.42 Å². The highest BCUT2D eigenvalue weighted by Gasteiger charge is 2.30. The maximum Gasteiger partial charge on any atom is 0.0377 e. The second kappa shape index (κ2) is 3.44. The third kappa shape index (κ3) is 1.94. The zero-order chi connectivity index (χ0) is 11.1. The van der Waals surface area contributed by atoms with Gasteiger partial charge in [-0.15, -0.1) is 0 Å². The van der Waals surface area contributed by atoms with E-state index in [1.165, 1.54) is 16.9 Å². The van der Waals surface area contributed by atoms with Crippen LogP contribution in [0, 0.1) is 5.41 Å². The summed E-state index contributed by atoms with van der Waals surface area (Å²) in [4.78, 5) is 0. The highest BCUT2D eigenvalue weighted by molar-refractivity contribution is 5.63. The fourth-order valence-electron chi connectivity index (χ4n) is 2.04. The molecule has 0 fully saturated rings. The molecule has 0 bridgehead atoms. The molecule has 2 rings (SSSR count). The Morgan fingerprint density at radius 1 is 1.33 bits per heavy atom. The molecule has 1 aliphatic rings. The Kier molecular flexibility index (Phi) is 2.37. The van der Waals surface area contributed by atoms with Crippen molar-refractivity contribution in [2.24, 2.45) is 5.41 Å². The predicted molar refractivity (Wildman–Crippen MR) is 66.6 cm³/mol. The van der Waals surface area contributed by atoms with Gasteiger partial charge in [-0.25, -0.2) is 0 Å². The van der Waals surface area contributed by atoms with Crippen molar-refractivity contribution in [2.75, 3.05) is 17.7 Å². The molecule has 1 heterocycles. The lowest BCUT2D eigenvalue weighted by atomic mass is 9.85. The van der Waals surface area contributed by atoms with Gasteiger partial charge >= 0.3 is 0 Å². The fraction of sp³-hybridized carbons (Fsp3) is 0.538. The van der Waals surface area contributed by atoms with E-state index in [-0.39, 0.29) is 0 Å². The van der Waals surface area contributed by atoms with Crippen molar-refractivity contribution in [3.05, 3.63) is 23.8 Å². The van der Waals surface area contributed by atoms with Crippen molar-refractivity contribution in [1.82, 2.24) is 0 Å². The second-order valence-corrected chi connectivity index (χ2v) is 5.39. The number of anilines is 2. The van der Waals surface area contributed by atoms with Crippen molar-refractivity contribution in [3.8, 4) is 0 Å². The minimum absolute atomic E-state index is 0.318. The summed E-state index contributed by atoms with van der Waals surface area (Å²) in [6, 6.07) is 7.09. The lowest BCUT2D eigenvalue weighted by Crippen LogP contribution is -2.31. The summed E-state index contributed by atoms with van der Waals surface area (Å²) in [7, 11) is 1.96. The second-order valence-electron chi connectivity index (χ2n) is 5.39. The summed E-state index contributed by atoms with van der Waals surface area (Å²) in [6.07, 6.45) is 1.13. The Balaban J connectivity index is 2.24. The van der Waals surface area contributed by atoms with E-state index in [4.69, 9.17) is 0 Å². The van der Waals surface area contributed by atoms with Crippen LogP contribution in [0.4, 0.5) is 11.4 Å². The van der Waals surface area contributed by atoms with Crippen LogP contribution in [0.15, 0.2) is 18.2 Å². The van der Waals surface area contributed by atoms with E-state index in [1.54, 1.807) is 0 Å². The van der Waals surface area contributed by atoms with E-state index in [9.17, 15) is 0 Å². The van der Waals surface area contributed by atoms with Crippen LogP contribution >= 0.6 is 0 Å². The van der Waals surface area contributed by atoms with Crippen molar-refractivity contribution in [1.29, 1.82) is 0 Å². The first-order chi connectivity index (χ1) is 7.00. The number of hydrogen-bond donors (Lipinski definition) is 2. The Labute approximate surface area is 92.1 Å². The highest BCUT2D eigenvalue weighted by Crippen LogP contribution is 2.35. The van der Waals surface area contributed by atoms with Gasteiger partial charge in [-0.05, 0) is 35.6 Å². The maximum atomic E-state index is 3.60. The lowest BCUT2D eigenvalue weighted by molar-refractivity contribution is 0.347. The average Bonchev–Trinajstić information content (AvgIpc) is 2.59. The molecule has 0 aliphatic carbocycles. The van der Waals surface area contributed by atoms with Crippen molar-refractivity contribution < 1.29 is 0 Å². The third-order valence-corrected chi connectivity index (χ3v) is 3.19. The van der Waals surface area contributed by atoms with Gasteiger partial charge in [0.15, 0.2) is 0 Å². The first kappa shape index (κ1) is 10.3. The maximum absolute atomic E-state index is 3.60. The largest absolute Gasteiger partial charge is 0.388 e. The minimum atomic E-state index is 0.318. The molecule has 1 aliphatic heterocycles. The molecular weight excluding hydrogens is 184 g/mol. The summed E-state index contributed by atoms with van der Waals surface area (Å²) in [5.74, 6) is 0. The normalized spacial score (nSPS) is 19.6. The molecule has 0 saturated heterocycles. The Morgan fingerprint density at radius 2 is 2.07 bits per heavy atom. The van der Waals surface area contributed by atoms with Crippen LogP contribution in [0.25, 0.3) is 0 Å².